The van der Waals surface area contributed by atoms with Crippen LogP contribution >= 0.6 is 11.3 Å². The summed E-state index contributed by atoms with van der Waals surface area (Å²) in [7, 11) is 2.05. The molecule has 1 aromatic rings. The highest BCUT2D eigenvalue weighted by Gasteiger charge is 2.27. The summed E-state index contributed by atoms with van der Waals surface area (Å²) in [5.41, 5.74) is 0.387. The molecule has 0 aromatic carbocycles. The molecule has 4 nitrogen and oxygen atoms in total. The standard InChI is InChI=1S/C14H26N4S/c1-4-14(2,11-15-3)12-17-6-8-18(9-7-17)13-16-5-10-19-13/h5,10,15H,4,6-9,11-12H2,1-3H3. The zero-order valence-electron chi connectivity index (χ0n) is 12.4. The molecular weight excluding hydrogens is 256 g/mol. The van der Waals surface area contributed by atoms with E-state index < -0.39 is 0 Å². The van der Waals surface area contributed by atoms with Gasteiger partial charge in [0.25, 0.3) is 0 Å². The second-order valence-electron chi connectivity index (χ2n) is 5.77. The van der Waals surface area contributed by atoms with Gasteiger partial charge in [-0.3, -0.25) is 4.90 Å². The van der Waals surface area contributed by atoms with Gasteiger partial charge in [0.05, 0.1) is 0 Å². The highest BCUT2D eigenvalue weighted by Crippen LogP contribution is 2.24. The first-order valence-electron chi connectivity index (χ1n) is 7.18. The number of hydrogen-bond donors (Lipinski definition) is 1. The highest BCUT2D eigenvalue weighted by atomic mass is 32.1. The lowest BCUT2D eigenvalue weighted by molar-refractivity contribution is 0.150. The SMILES string of the molecule is CCC(C)(CNC)CN1CCN(c2nccs2)CC1. The van der Waals surface area contributed by atoms with Crippen molar-refractivity contribution in [3.63, 3.8) is 0 Å². The molecule has 1 saturated heterocycles. The van der Waals surface area contributed by atoms with E-state index >= 15 is 0 Å². The minimum absolute atomic E-state index is 0.387. The van der Waals surface area contributed by atoms with Gasteiger partial charge in [0.1, 0.15) is 0 Å². The number of piperazine rings is 1. The van der Waals surface area contributed by atoms with Crippen LogP contribution in [0, 0.1) is 5.41 Å². The number of anilines is 1. The van der Waals surface area contributed by atoms with E-state index in [-0.39, 0.29) is 0 Å². The van der Waals surface area contributed by atoms with E-state index in [1.165, 1.54) is 18.1 Å². The molecule has 1 N–H and O–H groups in total. The van der Waals surface area contributed by atoms with Crippen molar-refractivity contribution in [3.8, 4) is 0 Å². The van der Waals surface area contributed by atoms with Crippen LogP contribution in [0.2, 0.25) is 0 Å². The van der Waals surface area contributed by atoms with Gasteiger partial charge in [-0.1, -0.05) is 13.8 Å². The highest BCUT2D eigenvalue weighted by molar-refractivity contribution is 7.13. The number of thiazole rings is 1. The molecule has 19 heavy (non-hydrogen) atoms. The molecule has 5 heteroatoms. The molecule has 0 saturated carbocycles. The van der Waals surface area contributed by atoms with Gasteiger partial charge < -0.3 is 10.2 Å². The molecule has 1 unspecified atom stereocenters. The largest absolute Gasteiger partial charge is 0.346 e. The quantitative estimate of drug-likeness (QED) is 0.863. The number of nitrogens with zero attached hydrogens (tertiary/aromatic N) is 3. The molecule has 1 aliphatic rings. The van der Waals surface area contributed by atoms with Gasteiger partial charge >= 0.3 is 0 Å². The lowest BCUT2D eigenvalue weighted by atomic mass is 9.86. The molecule has 0 aliphatic carbocycles. The number of hydrogen-bond acceptors (Lipinski definition) is 5. The first-order chi connectivity index (χ1) is 9.17. The number of aromatic nitrogens is 1. The maximum atomic E-state index is 4.40. The van der Waals surface area contributed by atoms with Crippen LogP contribution in [0.1, 0.15) is 20.3 Å². The van der Waals surface area contributed by atoms with Gasteiger partial charge in [-0.15, -0.1) is 11.3 Å². The van der Waals surface area contributed by atoms with Crippen LogP contribution < -0.4 is 10.2 Å². The fourth-order valence-corrected chi connectivity index (χ4v) is 3.43. The lowest BCUT2D eigenvalue weighted by Gasteiger charge is -2.40. The second-order valence-corrected chi connectivity index (χ2v) is 6.65. The van der Waals surface area contributed by atoms with E-state index in [1.807, 2.05) is 13.2 Å². The average molecular weight is 282 g/mol. The van der Waals surface area contributed by atoms with Crippen molar-refractivity contribution in [2.45, 2.75) is 20.3 Å². The van der Waals surface area contributed by atoms with Crippen LogP contribution in [0.15, 0.2) is 11.6 Å². The third kappa shape index (κ3) is 3.91. The monoisotopic (exact) mass is 282 g/mol. The van der Waals surface area contributed by atoms with Crippen LogP contribution in [-0.4, -0.2) is 56.2 Å². The Balaban J connectivity index is 1.83. The van der Waals surface area contributed by atoms with Crippen LogP contribution in [0.3, 0.4) is 0 Å². The van der Waals surface area contributed by atoms with Gasteiger partial charge in [-0.05, 0) is 18.9 Å². The Hall–Kier alpha value is -0.650. The van der Waals surface area contributed by atoms with Gasteiger partial charge in [-0.2, -0.15) is 0 Å². The third-order valence-electron chi connectivity index (χ3n) is 4.12. The zero-order valence-corrected chi connectivity index (χ0v) is 13.2. The molecule has 0 amide bonds. The summed E-state index contributed by atoms with van der Waals surface area (Å²) in [6.45, 7) is 11.5. The summed E-state index contributed by atoms with van der Waals surface area (Å²) >= 11 is 1.74. The van der Waals surface area contributed by atoms with Gasteiger partial charge in [0, 0.05) is 50.8 Å². The van der Waals surface area contributed by atoms with Gasteiger partial charge in [-0.25, -0.2) is 4.98 Å². The summed E-state index contributed by atoms with van der Waals surface area (Å²) in [6, 6.07) is 0. The Kier molecular flexibility index (Phi) is 5.19. The van der Waals surface area contributed by atoms with E-state index in [4.69, 9.17) is 0 Å². The molecule has 1 atom stereocenters. The molecule has 1 aromatic heterocycles. The van der Waals surface area contributed by atoms with Crippen molar-refractivity contribution in [1.29, 1.82) is 0 Å². The van der Waals surface area contributed by atoms with Gasteiger partial charge in [0.15, 0.2) is 5.13 Å². The predicted molar refractivity (Wildman–Crippen MR) is 83.1 cm³/mol. The second kappa shape index (κ2) is 6.68. The molecule has 0 spiro atoms. The predicted octanol–water partition coefficient (Wildman–Crippen LogP) is 1.90. The molecule has 0 bridgehead atoms. The van der Waals surface area contributed by atoms with E-state index in [9.17, 15) is 0 Å². The van der Waals surface area contributed by atoms with E-state index in [2.05, 4.69) is 39.3 Å². The first kappa shape index (κ1) is 14.8. The van der Waals surface area contributed by atoms with E-state index in [1.54, 1.807) is 11.3 Å². The third-order valence-corrected chi connectivity index (χ3v) is 4.96. The van der Waals surface area contributed by atoms with Crippen molar-refractivity contribution >= 4 is 16.5 Å². The molecular formula is C14H26N4S. The fourth-order valence-electron chi connectivity index (χ4n) is 2.73. The summed E-state index contributed by atoms with van der Waals surface area (Å²) in [6.07, 6.45) is 3.12. The first-order valence-corrected chi connectivity index (χ1v) is 8.06. The Morgan fingerprint density at radius 1 is 1.37 bits per heavy atom. The van der Waals surface area contributed by atoms with E-state index in [0.29, 0.717) is 5.41 Å². The van der Waals surface area contributed by atoms with E-state index in [0.717, 1.165) is 32.7 Å². The van der Waals surface area contributed by atoms with Crippen LogP contribution in [-0.2, 0) is 0 Å². The Bertz CT molecular complexity index is 360. The van der Waals surface area contributed by atoms with Crippen molar-refractivity contribution in [3.05, 3.63) is 11.6 Å². The fraction of sp³-hybridized carbons (Fsp3) is 0.786. The van der Waals surface area contributed by atoms with Gasteiger partial charge in [0.2, 0.25) is 0 Å². The zero-order chi connectivity index (χ0) is 13.7. The van der Waals surface area contributed by atoms with Crippen LogP contribution in [0.25, 0.3) is 0 Å². The Morgan fingerprint density at radius 3 is 2.63 bits per heavy atom. The molecule has 2 heterocycles. The topological polar surface area (TPSA) is 31.4 Å². The van der Waals surface area contributed by atoms with Crippen molar-refractivity contribution < 1.29 is 0 Å². The van der Waals surface area contributed by atoms with Crippen LogP contribution in [0.4, 0.5) is 5.13 Å². The summed E-state index contributed by atoms with van der Waals surface area (Å²) < 4.78 is 0. The maximum absolute atomic E-state index is 4.40. The summed E-state index contributed by atoms with van der Waals surface area (Å²) in [5, 5.41) is 6.57. The summed E-state index contributed by atoms with van der Waals surface area (Å²) in [5.74, 6) is 0. The molecule has 1 fully saturated rings. The minimum atomic E-state index is 0.387. The normalized spacial score (nSPS) is 20.5. The number of nitrogens with one attached hydrogen (secondary N) is 1. The molecule has 1 aliphatic heterocycles. The maximum Gasteiger partial charge on any atom is 0.185 e. The minimum Gasteiger partial charge on any atom is -0.346 e. The van der Waals surface area contributed by atoms with Crippen molar-refractivity contribution in [2.24, 2.45) is 5.41 Å². The Labute approximate surface area is 120 Å². The molecule has 2 rings (SSSR count). The smallest absolute Gasteiger partial charge is 0.185 e. The number of rotatable bonds is 6. The molecule has 0 radical (unpaired) electrons. The summed E-state index contributed by atoms with van der Waals surface area (Å²) in [4.78, 5) is 9.41. The van der Waals surface area contributed by atoms with Crippen molar-refractivity contribution in [2.75, 3.05) is 51.2 Å². The van der Waals surface area contributed by atoms with Crippen LogP contribution in [0.5, 0.6) is 0 Å². The lowest BCUT2D eigenvalue weighted by Crippen LogP contribution is -2.50. The molecule has 108 valence electrons. The van der Waals surface area contributed by atoms with Crippen molar-refractivity contribution in [1.82, 2.24) is 15.2 Å². The Morgan fingerprint density at radius 2 is 2.11 bits per heavy atom. The average Bonchev–Trinajstić information content (AvgIpc) is 2.94.